The molecule has 2 heteroatoms. The van der Waals surface area contributed by atoms with Crippen molar-refractivity contribution in [1.29, 1.82) is 0 Å². The van der Waals surface area contributed by atoms with Gasteiger partial charge in [-0.3, -0.25) is 0 Å². The molecule has 2 rings (SSSR count). The Balaban J connectivity index is 1.76. The van der Waals surface area contributed by atoms with E-state index in [9.17, 15) is 5.11 Å². The minimum absolute atomic E-state index is 0.151. The molecule has 0 aromatic heterocycles. The van der Waals surface area contributed by atoms with Crippen LogP contribution in [0, 0.1) is 0 Å². The molecule has 1 unspecified atom stereocenters. The number of aryl methyl sites for hydroxylation is 1. The van der Waals surface area contributed by atoms with Gasteiger partial charge in [-0.2, -0.15) is 0 Å². The van der Waals surface area contributed by atoms with Crippen LogP contribution < -0.4 is 4.74 Å². The second kappa shape index (κ2) is 6.06. The summed E-state index contributed by atoms with van der Waals surface area (Å²) in [4.78, 5) is 0. The average molecular weight is 234 g/mol. The number of hydrogen-bond donors (Lipinski definition) is 1. The van der Waals surface area contributed by atoms with Crippen LogP contribution in [0.5, 0.6) is 5.75 Å². The molecule has 1 N–H and O–H groups in total. The molecular formula is C15H22O2. The zero-order valence-electron chi connectivity index (χ0n) is 10.6. The molecule has 1 saturated carbocycles. The maximum atomic E-state index is 9.67. The zero-order valence-corrected chi connectivity index (χ0v) is 10.6. The van der Waals surface area contributed by atoms with Crippen LogP contribution in [0.2, 0.25) is 0 Å². The van der Waals surface area contributed by atoms with Gasteiger partial charge in [0, 0.05) is 0 Å². The third-order valence-corrected chi connectivity index (χ3v) is 3.14. The highest BCUT2D eigenvalue weighted by atomic mass is 16.5. The SMILES string of the molecule is CCCC(O)CCc1ccc(OC2CC2)cc1. The number of rotatable bonds is 7. The first-order chi connectivity index (χ1) is 8.28. The van der Waals surface area contributed by atoms with Crippen LogP contribution in [-0.2, 0) is 6.42 Å². The van der Waals surface area contributed by atoms with Crippen molar-refractivity contribution < 1.29 is 9.84 Å². The molecule has 0 radical (unpaired) electrons. The molecule has 17 heavy (non-hydrogen) atoms. The summed E-state index contributed by atoms with van der Waals surface area (Å²) in [5.41, 5.74) is 1.28. The standard InChI is InChI=1S/C15H22O2/c1-2-3-13(16)7-4-12-5-8-14(9-6-12)17-15-10-11-15/h5-6,8-9,13,15-16H,2-4,7,10-11H2,1H3. The maximum absolute atomic E-state index is 9.67. The summed E-state index contributed by atoms with van der Waals surface area (Å²) in [6.45, 7) is 2.10. The van der Waals surface area contributed by atoms with Gasteiger partial charge in [0.2, 0.25) is 0 Å². The molecule has 1 fully saturated rings. The fourth-order valence-corrected chi connectivity index (χ4v) is 1.92. The van der Waals surface area contributed by atoms with Crippen LogP contribution >= 0.6 is 0 Å². The number of aliphatic hydroxyl groups excluding tert-OH is 1. The highest BCUT2D eigenvalue weighted by molar-refractivity contribution is 5.27. The molecule has 1 aliphatic rings. The van der Waals surface area contributed by atoms with E-state index < -0.39 is 0 Å². The Hall–Kier alpha value is -1.02. The lowest BCUT2D eigenvalue weighted by Gasteiger charge is -2.09. The molecular weight excluding hydrogens is 212 g/mol. The summed E-state index contributed by atoms with van der Waals surface area (Å²) in [6, 6.07) is 8.30. The molecule has 0 amide bonds. The minimum atomic E-state index is -0.151. The first-order valence-electron chi connectivity index (χ1n) is 6.71. The van der Waals surface area contributed by atoms with E-state index in [4.69, 9.17) is 4.74 Å². The highest BCUT2D eigenvalue weighted by Gasteiger charge is 2.23. The first kappa shape index (κ1) is 12.4. The molecule has 0 aliphatic heterocycles. The molecule has 1 aromatic carbocycles. The van der Waals surface area contributed by atoms with Crippen molar-refractivity contribution in [2.75, 3.05) is 0 Å². The summed E-state index contributed by atoms with van der Waals surface area (Å²) in [5, 5.41) is 9.67. The van der Waals surface area contributed by atoms with E-state index in [1.165, 1.54) is 18.4 Å². The number of aliphatic hydroxyl groups is 1. The van der Waals surface area contributed by atoms with E-state index in [1.54, 1.807) is 0 Å². The van der Waals surface area contributed by atoms with Crippen molar-refractivity contribution in [1.82, 2.24) is 0 Å². The third-order valence-electron chi connectivity index (χ3n) is 3.14. The molecule has 1 aliphatic carbocycles. The molecule has 1 aromatic rings. The first-order valence-corrected chi connectivity index (χ1v) is 6.71. The van der Waals surface area contributed by atoms with Gasteiger partial charge in [0.1, 0.15) is 5.75 Å². The van der Waals surface area contributed by atoms with Crippen molar-refractivity contribution in [3.8, 4) is 5.75 Å². The molecule has 2 nitrogen and oxygen atoms in total. The Morgan fingerprint density at radius 1 is 1.24 bits per heavy atom. The van der Waals surface area contributed by atoms with Gasteiger partial charge in [0.25, 0.3) is 0 Å². The Morgan fingerprint density at radius 2 is 1.94 bits per heavy atom. The molecule has 94 valence electrons. The largest absolute Gasteiger partial charge is 0.490 e. The lowest BCUT2D eigenvalue weighted by molar-refractivity contribution is 0.154. The Labute approximate surface area is 104 Å². The van der Waals surface area contributed by atoms with Gasteiger partial charge in [0.05, 0.1) is 12.2 Å². The average Bonchev–Trinajstić information content (AvgIpc) is 3.13. The fourth-order valence-electron chi connectivity index (χ4n) is 1.92. The van der Waals surface area contributed by atoms with E-state index in [-0.39, 0.29) is 6.10 Å². The van der Waals surface area contributed by atoms with Gasteiger partial charge in [-0.05, 0) is 49.8 Å². The second-order valence-corrected chi connectivity index (χ2v) is 4.94. The monoisotopic (exact) mass is 234 g/mol. The lowest BCUT2D eigenvalue weighted by atomic mass is 10.0. The van der Waals surface area contributed by atoms with Crippen molar-refractivity contribution >= 4 is 0 Å². The van der Waals surface area contributed by atoms with E-state index in [0.717, 1.165) is 31.4 Å². The predicted molar refractivity (Wildman–Crippen MR) is 69.3 cm³/mol. The van der Waals surface area contributed by atoms with E-state index in [2.05, 4.69) is 19.1 Å². The Morgan fingerprint density at radius 3 is 2.53 bits per heavy atom. The van der Waals surface area contributed by atoms with Gasteiger partial charge in [-0.25, -0.2) is 0 Å². The van der Waals surface area contributed by atoms with Crippen LogP contribution in [0.15, 0.2) is 24.3 Å². The zero-order chi connectivity index (χ0) is 12.1. The van der Waals surface area contributed by atoms with Crippen molar-refractivity contribution in [2.45, 2.75) is 57.7 Å². The quantitative estimate of drug-likeness (QED) is 0.784. The van der Waals surface area contributed by atoms with Crippen molar-refractivity contribution in [3.63, 3.8) is 0 Å². The van der Waals surface area contributed by atoms with Crippen LogP contribution in [0.1, 0.15) is 44.6 Å². The summed E-state index contributed by atoms with van der Waals surface area (Å²) in [6.07, 6.45) is 6.48. The number of ether oxygens (including phenoxy) is 1. The van der Waals surface area contributed by atoms with E-state index >= 15 is 0 Å². The van der Waals surface area contributed by atoms with Crippen LogP contribution in [0.3, 0.4) is 0 Å². The van der Waals surface area contributed by atoms with Crippen LogP contribution in [0.25, 0.3) is 0 Å². The Bertz CT molecular complexity index is 327. The predicted octanol–water partition coefficient (Wildman–Crippen LogP) is 3.32. The van der Waals surface area contributed by atoms with Crippen LogP contribution in [-0.4, -0.2) is 17.3 Å². The lowest BCUT2D eigenvalue weighted by Crippen LogP contribution is -2.07. The molecule has 0 heterocycles. The summed E-state index contributed by atoms with van der Waals surface area (Å²) in [7, 11) is 0. The van der Waals surface area contributed by atoms with E-state index in [1.807, 2.05) is 12.1 Å². The van der Waals surface area contributed by atoms with Gasteiger partial charge in [-0.15, -0.1) is 0 Å². The van der Waals surface area contributed by atoms with Gasteiger partial charge < -0.3 is 9.84 Å². The maximum Gasteiger partial charge on any atom is 0.119 e. The van der Waals surface area contributed by atoms with Crippen molar-refractivity contribution in [2.24, 2.45) is 0 Å². The van der Waals surface area contributed by atoms with Gasteiger partial charge in [-0.1, -0.05) is 25.5 Å². The summed E-state index contributed by atoms with van der Waals surface area (Å²) >= 11 is 0. The van der Waals surface area contributed by atoms with Crippen LogP contribution in [0.4, 0.5) is 0 Å². The fraction of sp³-hybridized carbons (Fsp3) is 0.600. The second-order valence-electron chi connectivity index (χ2n) is 4.94. The van der Waals surface area contributed by atoms with Gasteiger partial charge in [0.15, 0.2) is 0 Å². The highest BCUT2D eigenvalue weighted by Crippen LogP contribution is 2.26. The molecule has 0 saturated heterocycles. The number of hydrogen-bond acceptors (Lipinski definition) is 2. The Kier molecular flexibility index (Phi) is 4.43. The van der Waals surface area contributed by atoms with Crippen molar-refractivity contribution in [3.05, 3.63) is 29.8 Å². The summed E-state index contributed by atoms with van der Waals surface area (Å²) < 4.78 is 5.70. The van der Waals surface area contributed by atoms with E-state index in [0.29, 0.717) is 6.10 Å². The number of benzene rings is 1. The normalized spacial score (nSPS) is 16.8. The molecule has 1 atom stereocenters. The molecule has 0 bridgehead atoms. The molecule has 0 spiro atoms. The smallest absolute Gasteiger partial charge is 0.119 e. The topological polar surface area (TPSA) is 29.5 Å². The van der Waals surface area contributed by atoms with Gasteiger partial charge >= 0.3 is 0 Å². The summed E-state index contributed by atoms with van der Waals surface area (Å²) in [5.74, 6) is 0.977. The third kappa shape index (κ3) is 4.39. The minimum Gasteiger partial charge on any atom is -0.490 e.